The van der Waals surface area contributed by atoms with Gasteiger partial charge in [-0.05, 0) is 18.1 Å². The maximum atomic E-state index is 6.24. The van der Waals surface area contributed by atoms with Crippen molar-refractivity contribution in [2.24, 2.45) is 10.7 Å². The van der Waals surface area contributed by atoms with Crippen molar-refractivity contribution in [3.05, 3.63) is 33.8 Å². The predicted octanol–water partition coefficient (Wildman–Crippen LogP) is 3.07. The number of rotatable bonds is 3. The number of halogens is 2. The largest absolute Gasteiger partial charge is 0.370 e. The molecule has 3 nitrogen and oxygen atoms in total. The van der Waals surface area contributed by atoms with Crippen LogP contribution in [0.1, 0.15) is 24.9 Å². The van der Waals surface area contributed by atoms with Crippen molar-refractivity contribution in [2.45, 2.75) is 19.4 Å². The normalized spacial score (nSPS) is 19.6. The lowest BCUT2D eigenvalue weighted by molar-refractivity contribution is 0.347. The van der Waals surface area contributed by atoms with Crippen molar-refractivity contribution in [3.63, 3.8) is 0 Å². The molecule has 0 bridgehead atoms. The van der Waals surface area contributed by atoms with Crippen molar-refractivity contribution < 1.29 is 0 Å². The summed E-state index contributed by atoms with van der Waals surface area (Å²) >= 11 is 12.3. The first-order valence-corrected chi connectivity index (χ1v) is 6.41. The van der Waals surface area contributed by atoms with Gasteiger partial charge < -0.3 is 10.6 Å². The molecule has 0 fully saturated rings. The first kappa shape index (κ1) is 12.5. The second-order valence-corrected chi connectivity index (χ2v) is 4.84. The Hall–Kier alpha value is -0.930. The van der Waals surface area contributed by atoms with Gasteiger partial charge in [0.25, 0.3) is 0 Å². The molecule has 0 radical (unpaired) electrons. The molecule has 17 heavy (non-hydrogen) atoms. The highest BCUT2D eigenvalue weighted by atomic mass is 35.5. The van der Waals surface area contributed by atoms with Crippen molar-refractivity contribution in [1.82, 2.24) is 4.90 Å². The van der Waals surface area contributed by atoms with Gasteiger partial charge in [-0.15, -0.1) is 0 Å². The number of hydrogen-bond donors (Lipinski definition) is 1. The summed E-state index contributed by atoms with van der Waals surface area (Å²) in [6.45, 7) is 3.64. The fourth-order valence-electron chi connectivity index (χ4n) is 2.08. The Bertz CT molecular complexity index is 445. The topological polar surface area (TPSA) is 41.6 Å². The van der Waals surface area contributed by atoms with Gasteiger partial charge in [0, 0.05) is 6.54 Å². The zero-order chi connectivity index (χ0) is 12.4. The molecule has 1 heterocycles. The Kier molecular flexibility index (Phi) is 3.79. The summed E-state index contributed by atoms with van der Waals surface area (Å²) in [5.74, 6) is 0.591. The summed E-state index contributed by atoms with van der Waals surface area (Å²) in [4.78, 5) is 6.36. The standard InChI is InChI=1S/C12H15Cl2N3/c1-2-6-17-10(7-16-12(17)15)8-4-3-5-9(13)11(8)14/h3-5,10H,2,6-7H2,1H3,(H2,15,16). The van der Waals surface area contributed by atoms with E-state index in [4.69, 9.17) is 28.9 Å². The number of guanidine groups is 1. The summed E-state index contributed by atoms with van der Waals surface area (Å²) < 4.78 is 0. The van der Waals surface area contributed by atoms with Crippen LogP contribution in [0, 0.1) is 0 Å². The molecule has 5 heteroatoms. The first-order valence-electron chi connectivity index (χ1n) is 5.65. The number of nitrogens with zero attached hydrogens (tertiary/aromatic N) is 2. The van der Waals surface area contributed by atoms with Crippen molar-refractivity contribution in [1.29, 1.82) is 0 Å². The molecule has 1 atom stereocenters. The number of nitrogens with two attached hydrogens (primary N) is 1. The Morgan fingerprint density at radius 1 is 1.47 bits per heavy atom. The highest BCUT2D eigenvalue weighted by Gasteiger charge is 2.28. The fraction of sp³-hybridized carbons (Fsp3) is 0.417. The van der Waals surface area contributed by atoms with Gasteiger partial charge in [-0.2, -0.15) is 0 Å². The van der Waals surface area contributed by atoms with Gasteiger partial charge in [-0.1, -0.05) is 42.3 Å². The van der Waals surface area contributed by atoms with E-state index in [2.05, 4.69) is 16.8 Å². The molecule has 2 N–H and O–H groups in total. The maximum absolute atomic E-state index is 6.24. The summed E-state index contributed by atoms with van der Waals surface area (Å²) in [7, 11) is 0. The molecule has 92 valence electrons. The molecule has 0 spiro atoms. The van der Waals surface area contributed by atoms with Crippen molar-refractivity contribution in [2.75, 3.05) is 13.1 Å². The van der Waals surface area contributed by atoms with Crippen LogP contribution in [0.4, 0.5) is 0 Å². The van der Waals surface area contributed by atoms with E-state index in [1.54, 1.807) is 6.07 Å². The summed E-state index contributed by atoms with van der Waals surface area (Å²) in [6, 6.07) is 5.79. The first-order chi connectivity index (χ1) is 8.15. The van der Waals surface area contributed by atoms with Crippen LogP contribution in [0.15, 0.2) is 23.2 Å². The van der Waals surface area contributed by atoms with Gasteiger partial charge >= 0.3 is 0 Å². The molecule has 0 saturated heterocycles. The lowest BCUT2D eigenvalue weighted by atomic mass is 10.1. The smallest absolute Gasteiger partial charge is 0.191 e. The van der Waals surface area contributed by atoms with Crippen LogP contribution in [0.3, 0.4) is 0 Å². The molecule has 1 aromatic rings. The molecular weight excluding hydrogens is 257 g/mol. The predicted molar refractivity (Wildman–Crippen MR) is 72.7 cm³/mol. The number of benzene rings is 1. The molecule has 2 rings (SSSR count). The molecule has 0 saturated carbocycles. The molecule has 1 aromatic carbocycles. The Morgan fingerprint density at radius 2 is 2.24 bits per heavy atom. The molecule has 0 amide bonds. The minimum Gasteiger partial charge on any atom is -0.370 e. The third-order valence-corrected chi connectivity index (χ3v) is 3.74. The second kappa shape index (κ2) is 5.15. The van der Waals surface area contributed by atoms with Gasteiger partial charge in [-0.3, -0.25) is 4.99 Å². The van der Waals surface area contributed by atoms with E-state index in [9.17, 15) is 0 Å². The quantitative estimate of drug-likeness (QED) is 0.918. The van der Waals surface area contributed by atoms with E-state index in [1.807, 2.05) is 12.1 Å². The zero-order valence-electron chi connectivity index (χ0n) is 9.66. The molecular formula is C12H15Cl2N3. The van der Waals surface area contributed by atoms with Crippen LogP contribution < -0.4 is 5.73 Å². The lowest BCUT2D eigenvalue weighted by Gasteiger charge is -2.26. The highest BCUT2D eigenvalue weighted by molar-refractivity contribution is 6.42. The van der Waals surface area contributed by atoms with Crippen LogP contribution in [0.25, 0.3) is 0 Å². The molecule has 0 aromatic heterocycles. The molecule has 0 aliphatic carbocycles. The Balaban J connectivity index is 2.31. The van der Waals surface area contributed by atoms with E-state index >= 15 is 0 Å². The van der Waals surface area contributed by atoms with E-state index in [0.717, 1.165) is 18.5 Å². The van der Waals surface area contributed by atoms with Crippen molar-refractivity contribution >= 4 is 29.2 Å². The molecule has 1 aliphatic rings. The third-order valence-electron chi connectivity index (χ3n) is 2.90. The van der Waals surface area contributed by atoms with Gasteiger partial charge in [0.05, 0.1) is 22.6 Å². The van der Waals surface area contributed by atoms with Crippen molar-refractivity contribution in [3.8, 4) is 0 Å². The fourth-order valence-corrected chi connectivity index (χ4v) is 2.52. The van der Waals surface area contributed by atoms with Gasteiger partial charge in [-0.25, -0.2) is 0 Å². The van der Waals surface area contributed by atoms with E-state index in [0.29, 0.717) is 22.5 Å². The highest BCUT2D eigenvalue weighted by Crippen LogP contribution is 2.34. The zero-order valence-corrected chi connectivity index (χ0v) is 11.2. The minimum absolute atomic E-state index is 0.112. The number of aliphatic imine (C=N–C) groups is 1. The van der Waals surface area contributed by atoms with Gasteiger partial charge in [0.15, 0.2) is 5.96 Å². The van der Waals surface area contributed by atoms with E-state index in [1.165, 1.54) is 0 Å². The van der Waals surface area contributed by atoms with Gasteiger partial charge in [0.2, 0.25) is 0 Å². The average molecular weight is 272 g/mol. The van der Waals surface area contributed by atoms with E-state index < -0.39 is 0 Å². The Labute approximate surface area is 111 Å². The van der Waals surface area contributed by atoms with Gasteiger partial charge in [0.1, 0.15) is 0 Å². The van der Waals surface area contributed by atoms with Crippen LogP contribution in [0.2, 0.25) is 10.0 Å². The summed E-state index contributed by atoms with van der Waals surface area (Å²) in [6.07, 6.45) is 1.02. The van der Waals surface area contributed by atoms with Crippen LogP contribution in [-0.2, 0) is 0 Å². The lowest BCUT2D eigenvalue weighted by Crippen LogP contribution is -2.36. The summed E-state index contributed by atoms with van der Waals surface area (Å²) in [5, 5.41) is 1.18. The number of hydrogen-bond acceptors (Lipinski definition) is 3. The second-order valence-electron chi connectivity index (χ2n) is 4.05. The summed E-state index contributed by atoms with van der Waals surface area (Å²) in [5.41, 5.74) is 6.88. The molecule has 1 unspecified atom stereocenters. The van der Waals surface area contributed by atoms with E-state index in [-0.39, 0.29) is 6.04 Å². The average Bonchev–Trinajstić information content (AvgIpc) is 2.66. The van der Waals surface area contributed by atoms with Crippen LogP contribution in [-0.4, -0.2) is 23.9 Å². The third kappa shape index (κ3) is 2.35. The van der Waals surface area contributed by atoms with Crippen LogP contribution >= 0.6 is 23.2 Å². The monoisotopic (exact) mass is 271 g/mol. The molecule has 1 aliphatic heterocycles. The minimum atomic E-state index is 0.112. The maximum Gasteiger partial charge on any atom is 0.191 e. The Morgan fingerprint density at radius 3 is 2.94 bits per heavy atom. The van der Waals surface area contributed by atoms with Crippen LogP contribution in [0.5, 0.6) is 0 Å². The SMILES string of the molecule is CCCN1C(N)=NCC1c1cccc(Cl)c1Cl.